The molecule has 5 rings (SSSR count). The monoisotopic (exact) mass is 560 g/mol. The third-order valence-electron chi connectivity index (χ3n) is 6.99. The molecule has 0 bridgehead atoms. The smallest absolute Gasteiger partial charge is 0.303 e. The topological polar surface area (TPSA) is 82.1 Å². The quantitative estimate of drug-likeness (QED) is 0.320. The first-order chi connectivity index (χ1) is 19.4. The molecule has 1 fully saturated rings. The number of terminal acetylenes is 1. The molecule has 0 spiro atoms. The summed E-state index contributed by atoms with van der Waals surface area (Å²) in [5.74, 6) is 6.00. The van der Waals surface area contributed by atoms with Crippen LogP contribution in [0.2, 0.25) is 0 Å². The van der Waals surface area contributed by atoms with Gasteiger partial charge >= 0.3 is 5.97 Å². The molecule has 0 radical (unpaired) electrons. The average Bonchev–Trinajstić information content (AvgIpc) is 3.14. The van der Waals surface area contributed by atoms with Crippen LogP contribution in [-0.2, 0) is 35.0 Å². The third kappa shape index (κ3) is 8.37. The van der Waals surface area contributed by atoms with E-state index in [1.54, 1.807) is 6.92 Å². The molecule has 210 valence electrons. The summed E-state index contributed by atoms with van der Waals surface area (Å²) < 4.78 is 29.8. The molecule has 2 heterocycles. The van der Waals surface area contributed by atoms with Crippen LogP contribution < -0.4 is 14.2 Å². The van der Waals surface area contributed by atoms with Crippen molar-refractivity contribution >= 4 is 16.8 Å². The summed E-state index contributed by atoms with van der Waals surface area (Å²) in [5.41, 5.74) is 5.43. The van der Waals surface area contributed by atoms with Gasteiger partial charge in [-0.2, -0.15) is 0 Å². The van der Waals surface area contributed by atoms with Crippen molar-refractivity contribution in [3.05, 3.63) is 77.4 Å². The number of hydrogen-bond acceptors (Lipinski definition) is 5. The van der Waals surface area contributed by atoms with E-state index in [9.17, 15) is 9.00 Å². The number of carboxylic acids is 1. The van der Waals surface area contributed by atoms with Crippen LogP contribution in [0.1, 0.15) is 42.9 Å². The Kier molecular flexibility index (Phi) is 10.7. The lowest BCUT2D eigenvalue weighted by molar-refractivity contribution is -0.136. The lowest BCUT2D eigenvalue weighted by Crippen LogP contribution is -2.23. The first-order valence-electron chi connectivity index (χ1n) is 13.6. The highest BCUT2D eigenvalue weighted by atomic mass is 32.2. The third-order valence-corrected chi connectivity index (χ3v) is 8.37. The van der Waals surface area contributed by atoms with Gasteiger partial charge in [-0.15, -0.1) is 12.3 Å². The van der Waals surface area contributed by atoms with Crippen LogP contribution in [0.25, 0.3) is 11.1 Å². The lowest BCUT2D eigenvalue weighted by Gasteiger charge is -2.21. The molecule has 2 aliphatic heterocycles. The highest BCUT2D eigenvalue weighted by molar-refractivity contribution is 7.85. The first kappa shape index (κ1) is 29.2. The zero-order valence-corrected chi connectivity index (χ0v) is 23.7. The van der Waals surface area contributed by atoms with Gasteiger partial charge < -0.3 is 19.3 Å². The molecule has 6 nitrogen and oxygen atoms in total. The van der Waals surface area contributed by atoms with Crippen molar-refractivity contribution < 1.29 is 28.3 Å². The number of aliphatic carboxylic acids is 1. The molecule has 0 unspecified atom stereocenters. The molecule has 3 aromatic carbocycles. The van der Waals surface area contributed by atoms with Gasteiger partial charge in [0.15, 0.2) is 0 Å². The second-order valence-electron chi connectivity index (χ2n) is 9.97. The number of carbonyl (C=O) groups is 1. The van der Waals surface area contributed by atoms with E-state index >= 15 is 0 Å². The van der Waals surface area contributed by atoms with Crippen LogP contribution in [0.4, 0.5) is 0 Å². The van der Waals surface area contributed by atoms with E-state index in [0.717, 1.165) is 70.3 Å². The Morgan fingerprint density at radius 3 is 2.42 bits per heavy atom. The van der Waals surface area contributed by atoms with E-state index in [-0.39, 0.29) is 6.42 Å². The summed E-state index contributed by atoms with van der Waals surface area (Å²) in [6.07, 6.45) is 7.98. The van der Waals surface area contributed by atoms with Crippen molar-refractivity contribution in [3.8, 4) is 40.7 Å². The number of carboxylic acid groups (broad SMARTS) is 1. The van der Waals surface area contributed by atoms with Crippen LogP contribution in [0, 0.1) is 18.3 Å². The summed E-state index contributed by atoms with van der Waals surface area (Å²) in [5, 5.41) is 8.85. The summed E-state index contributed by atoms with van der Waals surface area (Å²) in [7, 11) is -0.648. The Labute approximate surface area is 239 Å². The van der Waals surface area contributed by atoms with Gasteiger partial charge in [0.1, 0.15) is 23.9 Å². The van der Waals surface area contributed by atoms with Gasteiger partial charge in [-0.3, -0.25) is 9.00 Å². The standard InChI is InChI=1S/C30H32O6S.C3H4/c31-30(32)10-4-21-1-5-25(6-2-21)35-20-23-3-9-29-28(17-23)27-8-7-26(18-24(27)11-14-34-29)36-19-22-12-15-37(33)16-13-22;1-3-2/h1-3,5-9,17-18,22H,4,10-16,19-20H2,(H,31,32);1H,2H3. The number of benzene rings is 3. The Bertz CT molecular complexity index is 1350. The summed E-state index contributed by atoms with van der Waals surface area (Å²) >= 11 is 0. The first-order valence-corrected chi connectivity index (χ1v) is 15.1. The van der Waals surface area contributed by atoms with Crippen molar-refractivity contribution in [2.75, 3.05) is 24.7 Å². The molecule has 7 heteroatoms. The molecule has 0 aromatic heterocycles. The van der Waals surface area contributed by atoms with Crippen molar-refractivity contribution in [1.82, 2.24) is 0 Å². The van der Waals surface area contributed by atoms with E-state index < -0.39 is 16.8 Å². The van der Waals surface area contributed by atoms with Crippen LogP contribution in [0.15, 0.2) is 60.7 Å². The van der Waals surface area contributed by atoms with Gasteiger partial charge in [-0.25, -0.2) is 0 Å². The maximum atomic E-state index is 11.6. The van der Waals surface area contributed by atoms with Crippen molar-refractivity contribution in [2.45, 2.75) is 45.6 Å². The predicted molar refractivity (Wildman–Crippen MR) is 158 cm³/mol. The zero-order valence-electron chi connectivity index (χ0n) is 22.9. The largest absolute Gasteiger partial charge is 0.493 e. The highest BCUT2D eigenvalue weighted by Crippen LogP contribution is 2.38. The van der Waals surface area contributed by atoms with Gasteiger partial charge in [0, 0.05) is 40.7 Å². The van der Waals surface area contributed by atoms with Gasteiger partial charge in [0.2, 0.25) is 0 Å². The number of hydrogen-bond donors (Lipinski definition) is 1. The summed E-state index contributed by atoms with van der Waals surface area (Å²) in [6.45, 7) is 3.36. The fourth-order valence-corrected chi connectivity index (χ4v) is 6.19. The summed E-state index contributed by atoms with van der Waals surface area (Å²) in [4.78, 5) is 10.8. The van der Waals surface area contributed by atoms with E-state index in [1.165, 1.54) is 5.56 Å². The number of rotatable bonds is 9. The highest BCUT2D eigenvalue weighted by Gasteiger charge is 2.20. The van der Waals surface area contributed by atoms with Crippen molar-refractivity contribution in [2.24, 2.45) is 5.92 Å². The van der Waals surface area contributed by atoms with Crippen molar-refractivity contribution in [3.63, 3.8) is 0 Å². The molecule has 1 N–H and O–H groups in total. The maximum Gasteiger partial charge on any atom is 0.303 e. The number of fused-ring (bicyclic) bond motifs is 3. The summed E-state index contributed by atoms with van der Waals surface area (Å²) in [6, 6.07) is 20.0. The average molecular weight is 561 g/mol. The molecule has 0 saturated carbocycles. The van der Waals surface area contributed by atoms with Gasteiger partial charge in [-0.05, 0) is 90.8 Å². The molecular weight excluding hydrogens is 524 g/mol. The lowest BCUT2D eigenvalue weighted by atomic mass is 9.96. The minimum absolute atomic E-state index is 0.121. The Morgan fingerprint density at radius 2 is 1.70 bits per heavy atom. The predicted octanol–water partition coefficient (Wildman–Crippen LogP) is 6.06. The molecule has 1 saturated heterocycles. The molecule has 0 amide bonds. The van der Waals surface area contributed by atoms with Crippen molar-refractivity contribution in [1.29, 1.82) is 0 Å². The molecule has 3 aromatic rings. The molecule has 2 aliphatic rings. The second kappa shape index (κ2) is 14.6. The van der Waals surface area contributed by atoms with E-state index in [2.05, 4.69) is 30.5 Å². The molecule has 0 atom stereocenters. The molecule has 40 heavy (non-hydrogen) atoms. The number of ether oxygens (including phenoxy) is 3. The van der Waals surface area contributed by atoms with Crippen LogP contribution in [0.3, 0.4) is 0 Å². The fourth-order valence-electron chi connectivity index (χ4n) is 4.80. The SMILES string of the molecule is C#CC.O=C(O)CCc1ccc(OCc2ccc3c(c2)-c2ccc(OCC4CCS(=O)CC4)cc2CCO3)cc1. The zero-order chi connectivity index (χ0) is 28.3. The minimum Gasteiger partial charge on any atom is -0.493 e. The van der Waals surface area contributed by atoms with Crippen LogP contribution in [0.5, 0.6) is 17.2 Å². The number of aryl methyl sites for hydroxylation is 1. The van der Waals surface area contributed by atoms with E-state index in [1.807, 2.05) is 42.5 Å². The molecular formula is C33H36O6S. The molecule has 0 aliphatic carbocycles. The van der Waals surface area contributed by atoms with Gasteiger partial charge in [0.05, 0.1) is 13.2 Å². The second-order valence-corrected chi connectivity index (χ2v) is 11.7. The van der Waals surface area contributed by atoms with Crippen LogP contribution >= 0.6 is 0 Å². The fraction of sp³-hybridized carbons (Fsp3) is 0.364. The Morgan fingerprint density at radius 1 is 1.00 bits per heavy atom. The van der Waals surface area contributed by atoms with Gasteiger partial charge in [0.25, 0.3) is 0 Å². The Hall–Kier alpha value is -3.76. The van der Waals surface area contributed by atoms with E-state index in [0.29, 0.717) is 32.2 Å². The van der Waals surface area contributed by atoms with E-state index in [4.69, 9.17) is 19.3 Å². The van der Waals surface area contributed by atoms with Gasteiger partial charge in [-0.1, -0.05) is 24.3 Å². The van der Waals surface area contributed by atoms with Crippen LogP contribution in [-0.4, -0.2) is 40.0 Å². The minimum atomic E-state index is -0.794. The normalized spacial score (nSPS) is 17.4. The Balaban J connectivity index is 0.00000118. The maximum absolute atomic E-state index is 11.6.